The number of hydrogen-bond donors (Lipinski definition) is 1. The molecule has 0 amide bonds. The van der Waals surface area contributed by atoms with Crippen LogP contribution in [0.4, 0.5) is 0 Å². The van der Waals surface area contributed by atoms with Crippen LogP contribution in [0, 0.1) is 0 Å². The average molecular weight is 247 g/mol. The molecule has 4 nitrogen and oxygen atoms in total. The fourth-order valence-corrected chi connectivity index (χ4v) is 1.90. The Balaban J connectivity index is 2.34. The third-order valence-corrected chi connectivity index (χ3v) is 2.76. The van der Waals surface area contributed by atoms with Gasteiger partial charge >= 0.3 is 0 Å². The first-order chi connectivity index (χ1) is 8.18. The van der Waals surface area contributed by atoms with E-state index < -0.39 is 0 Å². The maximum absolute atomic E-state index is 11.7. The van der Waals surface area contributed by atoms with E-state index in [1.165, 1.54) is 6.20 Å². The van der Waals surface area contributed by atoms with Crippen LogP contribution in [0.15, 0.2) is 35.3 Å². The summed E-state index contributed by atoms with van der Waals surface area (Å²) in [6.45, 7) is 0.610. The molecule has 1 aromatic heterocycles. The fourth-order valence-electron chi connectivity index (χ4n) is 1.76. The lowest BCUT2D eigenvalue weighted by molar-refractivity contribution is 0.656. The van der Waals surface area contributed by atoms with Crippen molar-refractivity contribution in [2.75, 3.05) is 0 Å². The molecule has 1 heterocycles. The first kappa shape index (κ1) is 11.7. The smallest absolute Gasteiger partial charge is 0.269 e. The summed E-state index contributed by atoms with van der Waals surface area (Å²) in [5, 5.41) is 0. The zero-order valence-corrected chi connectivity index (χ0v) is 10.1. The molecule has 2 N–H and O–H groups in total. The van der Waals surface area contributed by atoms with Gasteiger partial charge in [0.2, 0.25) is 0 Å². The van der Waals surface area contributed by atoms with Crippen LogP contribution < -0.4 is 11.3 Å². The predicted octanol–water partition coefficient (Wildman–Crippen LogP) is 1.46. The number of benzene rings is 1. The molecule has 0 fully saturated rings. The lowest BCUT2D eigenvalue weighted by Gasteiger charge is -2.08. The number of aromatic nitrogens is 2. The number of nitrogens with two attached hydrogens (primary N) is 1. The van der Waals surface area contributed by atoms with Gasteiger partial charge in [0.1, 0.15) is 0 Å². The van der Waals surface area contributed by atoms with Gasteiger partial charge in [0, 0.05) is 6.54 Å². The highest BCUT2D eigenvalue weighted by Gasteiger charge is 2.03. The van der Waals surface area contributed by atoms with Gasteiger partial charge in [0.15, 0.2) is 0 Å². The van der Waals surface area contributed by atoms with Crippen molar-refractivity contribution in [1.82, 2.24) is 9.55 Å². The van der Waals surface area contributed by atoms with Crippen LogP contribution in [0.3, 0.4) is 0 Å². The second-order valence-electron chi connectivity index (χ2n) is 3.81. The van der Waals surface area contributed by atoms with E-state index in [-0.39, 0.29) is 5.56 Å². The first-order valence-corrected chi connectivity index (χ1v) is 5.82. The minimum Gasteiger partial charge on any atom is -0.393 e. The summed E-state index contributed by atoms with van der Waals surface area (Å²) in [7, 11) is 0. The second kappa shape index (κ2) is 5.05. The van der Waals surface area contributed by atoms with Crippen molar-refractivity contribution in [2.45, 2.75) is 19.4 Å². The van der Waals surface area contributed by atoms with Crippen molar-refractivity contribution >= 4 is 28.2 Å². The third kappa shape index (κ3) is 2.68. The highest BCUT2D eigenvalue weighted by Crippen LogP contribution is 2.09. The SMILES string of the molecule is NC(=S)CCCn1c(=O)cnc2ccccc21. The number of para-hydroxylation sites is 2. The molecule has 5 heteroatoms. The van der Waals surface area contributed by atoms with Crippen LogP contribution in [0.5, 0.6) is 0 Å². The lowest BCUT2D eigenvalue weighted by Crippen LogP contribution is -2.21. The summed E-state index contributed by atoms with van der Waals surface area (Å²) in [6, 6.07) is 7.58. The molecule has 0 aliphatic rings. The van der Waals surface area contributed by atoms with E-state index in [1.54, 1.807) is 4.57 Å². The molecule has 0 saturated carbocycles. The van der Waals surface area contributed by atoms with Crippen LogP contribution in [-0.2, 0) is 6.54 Å². The van der Waals surface area contributed by atoms with Gasteiger partial charge < -0.3 is 10.3 Å². The quantitative estimate of drug-likeness (QED) is 0.831. The fraction of sp³-hybridized carbons (Fsp3) is 0.250. The van der Waals surface area contributed by atoms with Crippen LogP contribution in [-0.4, -0.2) is 14.5 Å². The molecule has 0 spiro atoms. The third-order valence-electron chi connectivity index (χ3n) is 2.56. The molecule has 0 saturated heterocycles. The molecule has 2 aromatic rings. The summed E-state index contributed by atoms with van der Waals surface area (Å²) >= 11 is 4.82. The van der Waals surface area contributed by atoms with Gasteiger partial charge in [0.05, 0.1) is 22.2 Å². The van der Waals surface area contributed by atoms with E-state index in [2.05, 4.69) is 4.98 Å². The number of nitrogens with zero attached hydrogens (tertiary/aromatic N) is 2. The van der Waals surface area contributed by atoms with E-state index in [9.17, 15) is 4.79 Å². The maximum atomic E-state index is 11.7. The van der Waals surface area contributed by atoms with Crippen LogP contribution in [0.1, 0.15) is 12.8 Å². The number of rotatable bonds is 4. The van der Waals surface area contributed by atoms with Gasteiger partial charge in [-0.2, -0.15) is 0 Å². The van der Waals surface area contributed by atoms with Crippen molar-refractivity contribution in [2.24, 2.45) is 5.73 Å². The van der Waals surface area contributed by atoms with E-state index in [0.29, 0.717) is 18.0 Å². The molecule has 0 unspecified atom stereocenters. The van der Waals surface area contributed by atoms with Gasteiger partial charge in [-0.3, -0.25) is 4.79 Å². The molecule has 0 aliphatic carbocycles. The van der Waals surface area contributed by atoms with Gasteiger partial charge in [0.25, 0.3) is 5.56 Å². The zero-order valence-electron chi connectivity index (χ0n) is 9.30. The summed E-state index contributed by atoms with van der Waals surface area (Å²) in [4.78, 5) is 16.3. The lowest BCUT2D eigenvalue weighted by atomic mass is 10.2. The summed E-state index contributed by atoms with van der Waals surface area (Å²) in [5.74, 6) is 0. The number of thiocarbonyl (C=S) groups is 1. The standard InChI is InChI=1S/C12H13N3OS/c13-11(17)6-3-7-15-10-5-2-1-4-9(10)14-8-12(15)16/h1-2,4-5,8H,3,6-7H2,(H2,13,17). The van der Waals surface area contributed by atoms with Crippen molar-refractivity contribution in [3.63, 3.8) is 0 Å². The minimum atomic E-state index is -0.0911. The first-order valence-electron chi connectivity index (χ1n) is 5.41. The van der Waals surface area contributed by atoms with Gasteiger partial charge in [-0.05, 0) is 25.0 Å². The number of fused-ring (bicyclic) bond motifs is 1. The highest BCUT2D eigenvalue weighted by atomic mass is 32.1. The number of aryl methyl sites for hydroxylation is 1. The van der Waals surface area contributed by atoms with Gasteiger partial charge in [-0.1, -0.05) is 24.4 Å². The van der Waals surface area contributed by atoms with E-state index in [0.717, 1.165) is 17.5 Å². The molecule has 0 aliphatic heterocycles. The monoisotopic (exact) mass is 247 g/mol. The molecule has 0 radical (unpaired) electrons. The zero-order chi connectivity index (χ0) is 12.3. The van der Waals surface area contributed by atoms with E-state index in [1.807, 2.05) is 24.3 Å². The van der Waals surface area contributed by atoms with Crippen molar-refractivity contribution in [3.05, 3.63) is 40.8 Å². The normalized spacial score (nSPS) is 10.6. The molecule has 88 valence electrons. The largest absolute Gasteiger partial charge is 0.393 e. The number of hydrogen-bond acceptors (Lipinski definition) is 3. The van der Waals surface area contributed by atoms with Crippen molar-refractivity contribution in [1.29, 1.82) is 0 Å². The Morgan fingerprint density at radius 1 is 1.41 bits per heavy atom. The maximum Gasteiger partial charge on any atom is 0.269 e. The van der Waals surface area contributed by atoms with Gasteiger partial charge in [-0.25, -0.2) is 4.98 Å². The highest BCUT2D eigenvalue weighted by molar-refractivity contribution is 7.80. The molecule has 0 bridgehead atoms. The van der Waals surface area contributed by atoms with E-state index >= 15 is 0 Å². The molecule has 2 rings (SSSR count). The second-order valence-corrected chi connectivity index (χ2v) is 4.33. The molecular formula is C12H13N3OS. The Labute approximate surface area is 104 Å². The Kier molecular flexibility index (Phi) is 3.49. The predicted molar refractivity (Wildman–Crippen MR) is 72.0 cm³/mol. The Bertz CT molecular complexity index is 606. The van der Waals surface area contributed by atoms with Crippen LogP contribution in [0.2, 0.25) is 0 Å². The Hall–Kier alpha value is -1.75. The van der Waals surface area contributed by atoms with Gasteiger partial charge in [-0.15, -0.1) is 0 Å². The van der Waals surface area contributed by atoms with Crippen molar-refractivity contribution < 1.29 is 0 Å². The topological polar surface area (TPSA) is 60.9 Å². The summed E-state index contributed by atoms with van der Waals surface area (Å²) in [6.07, 6.45) is 2.77. The van der Waals surface area contributed by atoms with Crippen molar-refractivity contribution in [3.8, 4) is 0 Å². The molecule has 1 aromatic carbocycles. The Morgan fingerprint density at radius 3 is 2.94 bits per heavy atom. The minimum absolute atomic E-state index is 0.0911. The summed E-state index contributed by atoms with van der Waals surface area (Å²) < 4.78 is 1.71. The van der Waals surface area contributed by atoms with Crippen LogP contribution >= 0.6 is 12.2 Å². The summed E-state index contributed by atoms with van der Waals surface area (Å²) in [5.41, 5.74) is 7.02. The average Bonchev–Trinajstić information content (AvgIpc) is 2.32. The van der Waals surface area contributed by atoms with E-state index in [4.69, 9.17) is 18.0 Å². The Morgan fingerprint density at radius 2 is 2.18 bits per heavy atom. The molecular weight excluding hydrogens is 234 g/mol. The molecule has 0 atom stereocenters. The molecule has 17 heavy (non-hydrogen) atoms. The van der Waals surface area contributed by atoms with Crippen LogP contribution in [0.25, 0.3) is 11.0 Å².